The summed E-state index contributed by atoms with van der Waals surface area (Å²) < 4.78 is 24.2. The smallest absolute Gasteiger partial charge is 0.264 e. The Balaban J connectivity index is 1.63. The van der Waals surface area contributed by atoms with Crippen LogP contribution < -0.4 is 4.74 Å². The lowest BCUT2D eigenvalue weighted by atomic mass is 10.1. The molecule has 0 amide bonds. The van der Waals surface area contributed by atoms with Crippen molar-refractivity contribution in [1.29, 1.82) is 0 Å². The average Bonchev–Trinajstić information content (AvgIpc) is 3.36. The average molecular weight is 480 g/mol. The summed E-state index contributed by atoms with van der Waals surface area (Å²) in [5.74, 6) is 2.86. The van der Waals surface area contributed by atoms with Gasteiger partial charge < -0.3 is 17.7 Å². The number of hydrogen-bond acceptors (Lipinski definition) is 5. The zero-order chi connectivity index (χ0) is 23.6. The maximum atomic E-state index is 6.53. The highest BCUT2D eigenvalue weighted by atomic mass is 28.4. The second kappa shape index (κ2) is 9.33. The number of furan rings is 1. The predicted molar refractivity (Wildman–Crippen MR) is 139 cm³/mol. The Hall–Kier alpha value is -2.62. The molecule has 7 heteroatoms. The molecule has 0 bridgehead atoms. The van der Waals surface area contributed by atoms with Crippen molar-refractivity contribution in [2.24, 2.45) is 0 Å². The minimum Gasteiger partial charge on any atom is -0.497 e. The first-order chi connectivity index (χ1) is 15.6. The third-order valence-electron chi connectivity index (χ3n) is 5.48. The molecule has 0 aliphatic carbocycles. The summed E-state index contributed by atoms with van der Waals surface area (Å²) >= 11 is 0. The summed E-state index contributed by atoms with van der Waals surface area (Å²) in [6, 6.07) is 18.9. The van der Waals surface area contributed by atoms with Crippen molar-refractivity contribution in [3.8, 4) is 28.7 Å². The first-order valence-electron chi connectivity index (χ1n) is 11.5. The topological polar surface area (TPSA) is 57.6 Å². The van der Waals surface area contributed by atoms with Crippen LogP contribution in [0.5, 0.6) is 5.75 Å². The monoisotopic (exact) mass is 479 g/mol. The van der Waals surface area contributed by atoms with E-state index in [1.807, 2.05) is 48.5 Å². The molecule has 2 aromatic heterocycles. The summed E-state index contributed by atoms with van der Waals surface area (Å²) in [5.41, 5.74) is 3.71. The Morgan fingerprint density at radius 1 is 0.909 bits per heavy atom. The molecule has 0 radical (unpaired) electrons. The van der Waals surface area contributed by atoms with Crippen LogP contribution in [0.3, 0.4) is 0 Å². The van der Waals surface area contributed by atoms with Crippen LogP contribution in [0, 0.1) is 0 Å². The number of aryl methyl sites for hydroxylation is 1. The SMILES string of the molecule is COc1ccc(-c2cc(CCC[Si](C)(C)O[Si](C)(C)C)c(-c3nc4ccccc4o3)o2)cc1. The van der Waals surface area contributed by atoms with Crippen LogP contribution in [0.2, 0.25) is 38.8 Å². The van der Waals surface area contributed by atoms with Gasteiger partial charge in [0.25, 0.3) is 5.89 Å². The number of aromatic nitrogens is 1. The first-order valence-corrected chi connectivity index (χ1v) is 18.0. The molecule has 0 aliphatic rings. The van der Waals surface area contributed by atoms with E-state index < -0.39 is 16.6 Å². The van der Waals surface area contributed by atoms with Gasteiger partial charge in [0.15, 0.2) is 28.0 Å². The van der Waals surface area contributed by atoms with Crippen LogP contribution in [-0.2, 0) is 10.5 Å². The second-order valence-corrected chi connectivity index (χ2v) is 19.1. The van der Waals surface area contributed by atoms with Gasteiger partial charge in [-0.05, 0) is 94.1 Å². The van der Waals surface area contributed by atoms with Crippen LogP contribution in [0.1, 0.15) is 12.0 Å². The first kappa shape index (κ1) is 23.5. The van der Waals surface area contributed by atoms with Crippen molar-refractivity contribution in [1.82, 2.24) is 4.98 Å². The van der Waals surface area contributed by atoms with Crippen LogP contribution in [0.4, 0.5) is 0 Å². The molecule has 2 heterocycles. The van der Waals surface area contributed by atoms with Crippen LogP contribution >= 0.6 is 0 Å². The van der Waals surface area contributed by atoms with Gasteiger partial charge >= 0.3 is 0 Å². The van der Waals surface area contributed by atoms with E-state index in [0.29, 0.717) is 11.7 Å². The Kier molecular flexibility index (Phi) is 6.65. The molecule has 2 aromatic carbocycles. The highest BCUT2D eigenvalue weighted by Crippen LogP contribution is 2.35. The molecule has 0 spiro atoms. The molecule has 5 nitrogen and oxygen atoms in total. The Labute approximate surface area is 198 Å². The Morgan fingerprint density at radius 2 is 1.64 bits per heavy atom. The van der Waals surface area contributed by atoms with E-state index in [-0.39, 0.29) is 0 Å². The Morgan fingerprint density at radius 3 is 2.30 bits per heavy atom. The number of benzene rings is 2. The molecule has 0 saturated heterocycles. The highest BCUT2D eigenvalue weighted by Gasteiger charge is 2.29. The van der Waals surface area contributed by atoms with Gasteiger partial charge in [0, 0.05) is 11.1 Å². The lowest BCUT2D eigenvalue weighted by molar-refractivity contribution is 0.415. The van der Waals surface area contributed by atoms with Gasteiger partial charge in [-0.1, -0.05) is 12.1 Å². The molecule has 0 unspecified atom stereocenters. The lowest BCUT2D eigenvalue weighted by Crippen LogP contribution is -2.42. The fourth-order valence-corrected chi connectivity index (χ4v) is 12.3. The van der Waals surface area contributed by atoms with E-state index in [4.69, 9.17) is 22.7 Å². The summed E-state index contributed by atoms with van der Waals surface area (Å²) in [6.45, 7) is 11.5. The van der Waals surface area contributed by atoms with E-state index in [1.165, 1.54) is 0 Å². The number of fused-ring (bicyclic) bond motifs is 1. The molecule has 33 heavy (non-hydrogen) atoms. The van der Waals surface area contributed by atoms with Crippen LogP contribution in [0.25, 0.3) is 34.1 Å². The molecule has 4 aromatic rings. The van der Waals surface area contributed by atoms with Gasteiger partial charge in [0.2, 0.25) is 0 Å². The standard InChI is InChI=1S/C26H33NO4Si2/c1-28-21-15-13-19(14-16-21)24-18-20(10-9-17-33(5,6)31-32(2,3)4)25(29-24)26-27-22-11-7-8-12-23(22)30-26/h7-8,11-16,18H,9-10,17H2,1-6H3. The molecular weight excluding hydrogens is 446 g/mol. The van der Waals surface area contributed by atoms with Gasteiger partial charge in [0.1, 0.15) is 17.0 Å². The quantitative estimate of drug-likeness (QED) is 0.230. The van der Waals surface area contributed by atoms with E-state index >= 15 is 0 Å². The number of ether oxygens (including phenoxy) is 1. The molecule has 0 aliphatic heterocycles. The number of rotatable bonds is 9. The van der Waals surface area contributed by atoms with E-state index in [9.17, 15) is 0 Å². The second-order valence-electron chi connectivity index (χ2n) is 10.0. The van der Waals surface area contributed by atoms with E-state index in [0.717, 1.165) is 52.6 Å². The number of nitrogens with zero attached hydrogens (tertiary/aromatic N) is 1. The summed E-state index contributed by atoms with van der Waals surface area (Å²) in [6.07, 6.45) is 1.93. The van der Waals surface area contributed by atoms with Gasteiger partial charge in [-0.15, -0.1) is 0 Å². The van der Waals surface area contributed by atoms with Crippen molar-refractivity contribution in [3.05, 3.63) is 60.2 Å². The van der Waals surface area contributed by atoms with Crippen molar-refractivity contribution >= 4 is 27.7 Å². The molecule has 0 fully saturated rings. The largest absolute Gasteiger partial charge is 0.497 e. The Bertz CT molecular complexity index is 1190. The van der Waals surface area contributed by atoms with Crippen molar-refractivity contribution in [3.63, 3.8) is 0 Å². The molecule has 0 N–H and O–H groups in total. The maximum absolute atomic E-state index is 6.53. The molecule has 4 rings (SSSR count). The van der Waals surface area contributed by atoms with Crippen LogP contribution in [-0.4, -0.2) is 28.7 Å². The minimum atomic E-state index is -1.71. The summed E-state index contributed by atoms with van der Waals surface area (Å²) in [5, 5.41) is 0. The third kappa shape index (κ3) is 5.85. The van der Waals surface area contributed by atoms with Gasteiger partial charge in [0.05, 0.1) is 7.11 Å². The normalized spacial score (nSPS) is 12.4. The molecular formula is C26H33NO4Si2. The lowest BCUT2D eigenvalue weighted by Gasteiger charge is -2.31. The molecule has 0 atom stereocenters. The van der Waals surface area contributed by atoms with Gasteiger partial charge in [-0.3, -0.25) is 0 Å². The third-order valence-corrected chi connectivity index (χ3v) is 11.7. The maximum Gasteiger partial charge on any atom is 0.264 e. The van der Waals surface area contributed by atoms with Crippen molar-refractivity contribution in [2.45, 2.75) is 51.6 Å². The zero-order valence-corrected chi connectivity index (χ0v) is 22.4. The molecule has 0 saturated carbocycles. The minimum absolute atomic E-state index is 0.529. The van der Waals surface area contributed by atoms with Crippen LogP contribution in [0.15, 0.2) is 63.4 Å². The van der Waals surface area contributed by atoms with E-state index in [1.54, 1.807) is 7.11 Å². The number of methoxy groups -OCH3 is 1. The van der Waals surface area contributed by atoms with Crippen molar-refractivity contribution < 1.29 is 17.7 Å². The highest BCUT2D eigenvalue weighted by molar-refractivity contribution is 6.84. The van der Waals surface area contributed by atoms with Gasteiger partial charge in [-0.2, -0.15) is 0 Å². The zero-order valence-electron chi connectivity index (χ0n) is 20.4. The fourth-order valence-electron chi connectivity index (χ4n) is 4.25. The van der Waals surface area contributed by atoms with E-state index in [2.05, 4.69) is 38.8 Å². The number of para-hydroxylation sites is 2. The van der Waals surface area contributed by atoms with Crippen molar-refractivity contribution in [2.75, 3.05) is 7.11 Å². The summed E-state index contributed by atoms with van der Waals surface area (Å²) in [4.78, 5) is 4.69. The summed E-state index contributed by atoms with van der Waals surface area (Å²) in [7, 11) is -1.58. The predicted octanol–water partition coefficient (Wildman–Crippen LogP) is 7.75. The van der Waals surface area contributed by atoms with Gasteiger partial charge in [-0.25, -0.2) is 4.98 Å². The fraction of sp³-hybridized carbons (Fsp3) is 0.346. The molecule has 174 valence electrons. The number of hydrogen-bond donors (Lipinski definition) is 0. The number of oxazole rings is 1.